The molecule has 4 heteroatoms. The molecule has 0 bridgehead atoms. The molecule has 0 aromatic rings. The van der Waals surface area contributed by atoms with Crippen LogP contribution in [-0.2, 0) is 0 Å². The van der Waals surface area contributed by atoms with Crippen LogP contribution in [0.5, 0.6) is 0 Å². The fraction of sp³-hybridized carbons (Fsp3) is 0.333. The van der Waals surface area contributed by atoms with Crippen LogP contribution >= 0.6 is 0 Å². The van der Waals surface area contributed by atoms with Gasteiger partial charge in [0.1, 0.15) is 0 Å². The summed E-state index contributed by atoms with van der Waals surface area (Å²) in [5, 5.41) is 9.96. The number of hydrogen-bond donors (Lipinski definition) is 2. The average molecular weight is 140 g/mol. The van der Waals surface area contributed by atoms with E-state index in [1.807, 2.05) is 6.92 Å². The molecule has 0 saturated heterocycles. The van der Waals surface area contributed by atoms with Crippen LogP contribution in [0.3, 0.4) is 0 Å². The highest BCUT2D eigenvalue weighted by Gasteiger charge is 1.89. The first-order valence-electron chi connectivity index (χ1n) is 2.88. The molecule has 0 saturated carbocycles. The molecule has 3 N–H and O–H groups in total. The van der Waals surface area contributed by atoms with Gasteiger partial charge in [-0.25, -0.2) is 0 Å². The zero-order valence-electron chi connectivity index (χ0n) is 6.26. The summed E-state index contributed by atoms with van der Waals surface area (Å²) in [5.74, 6) is 0.377. The third-order valence-corrected chi connectivity index (χ3v) is 1.01. The van der Waals surface area contributed by atoms with Gasteiger partial charge >= 0.3 is 0 Å². The molecule has 0 aromatic carbocycles. The summed E-state index contributed by atoms with van der Waals surface area (Å²) in [5.41, 5.74) is 6.22. The molecule has 0 aliphatic rings. The lowest BCUT2D eigenvalue weighted by Crippen LogP contribution is -2.09. The first-order chi connectivity index (χ1) is 4.72. The third kappa shape index (κ3) is 2.86. The summed E-state index contributed by atoms with van der Waals surface area (Å²) >= 11 is 0. The monoisotopic (exact) mass is 140 g/mol. The highest BCUT2D eigenvalue weighted by molar-refractivity contribution is 5.03. The molecule has 4 nitrogen and oxygen atoms in total. The van der Waals surface area contributed by atoms with Crippen LogP contribution in [0.2, 0.25) is 0 Å². The molecule has 0 unspecified atom stereocenters. The summed E-state index contributed by atoms with van der Waals surface area (Å²) in [6, 6.07) is 0. The Balaban J connectivity index is 4.17. The normalized spacial score (nSPS) is 13.0. The molecule has 0 amide bonds. The molecule has 0 aromatic heterocycles. The average Bonchev–Trinajstić information content (AvgIpc) is 1.98. The van der Waals surface area contributed by atoms with Gasteiger partial charge in [0, 0.05) is 13.2 Å². The number of hydrogen-bond acceptors (Lipinski definition) is 4. The Morgan fingerprint density at radius 3 is 2.70 bits per heavy atom. The van der Waals surface area contributed by atoms with Gasteiger partial charge in [-0.05, 0) is 6.92 Å². The number of nitrogens with one attached hydrogen (secondary N) is 1. The van der Waals surface area contributed by atoms with Gasteiger partial charge in [0.05, 0.1) is 5.70 Å². The second-order valence-corrected chi connectivity index (χ2v) is 1.66. The predicted molar refractivity (Wildman–Crippen MR) is 41.0 cm³/mol. The lowest BCUT2D eigenvalue weighted by Gasteiger charge is -1.98. The van der Waals surface area contributed by atoms with E-state index in [-0.39, 0.29) is 0 Å². The van der Waals surface area contributed by atoms with Crippen LogP contribution in [0, 0.1) is 0 Å². The topological polar surface area (TPSA) is 62.8 Å². The van der Waals surface area contributed by atoms with Crippen molar-refractivity contribution in [2.75, 3.05) is 7.05 Å². The van der Waals surface area contributed by atoms with Gasteiger partial charge in [-0.15, -0.1) is 5.11 Å². The van der Waals surface area contributed by atoms with Crippen LogP contribution in [0.1, 0.15) is 6.92 Å². The van der Waals surface area contributed by atoms with Crippen molar-refractivity contribution in [3.8, 4) is 0 Å². The maximum atomic E-state index is 5.42. The molecule has 0 spiro atoms. The maximum absolute atomic E-state index is 5.42. The van der Waals surface area contributed by atoms with E-state index in [1.54, 1.807) is 7.05 Å². The lowest BCUT2D eigenvalue weighted by atomic mass is 10.5. The van der Waals surface area contributed by atoms with E-state index in [4.69, 9.17) is 5.73 Å². The van der Waals surface area contributed by atoms with Gasteiger partial charge in [-0.1, -0.05) is 6.58 Å². The Morgan fingerprint density at radius 1 is 1.70 bits per heavy atom. The standard InChI is InChI=1S/C6H12N4/c1-4-9-10-6(7)5(2)8-3/h4,8H,1,7H2,2-3H3/b6-5-,10-9-. The van der Waals surface area contributed by atoms with E-state index < -0.39 is 0 Å². The van der Waals surface area contributed by atoms with E-state index in [1.165, 1.54) is 6.20 Å². The third-order valence-electron chi connectivity index (χ3n) is 1.01. The second-order valence-electron chi connectivity index (χ2n) is 1.66. The smallest absolute Gasteiger partial charge is 0.164 e. The largest absolute Gasteiger partial charge is 0.389 e. The van der Waals surface area contributed by atoms with Crippen molar-refractivity contribution in [3.63, 3.8) is 0 Å². The number of allylic oxidation sites excluding steroid dienone is 1. The molecule has 56 valence electrons. The SMILES string of the molecule is C=C/N=N\C(N)=C(\C)NC. The minimum atomic E-state index is 0.377. The Hall–Kier alpha value is -1.32. The van der Waals surface area contributed by atoms with Crippen LogP contribution in [0.25, 0.3) is 0 Å². The predicted octanol–water partition coefficient (Wildman–Crippen LogP) is 0.949. The van der Waals surface area contributed by atoms with Gasteiger partial charge < -0.3 is 11.1 Å². The van der Waals surface area contributed by atoms with Crippen LogP contribution in [0.4, 0.5) is 0 Å². The highest BCUT2D eigenvalue weighted by atomic mass is 15.1. The first-order valence-corrected chi connectivity index (χ1v) is 2.88. The van der Waals surface area contributed by atoms with Crippen molar-refractivity contribution >= 4 is 0 Å². The fourth-order valence-corrected chi connectivity index (χ4v) is 0.306. The van der Waals surface area contributed by atoms with Crippen molar-refractivity contribution in [1.82, 2.24) is 5.32 Å². The van der Waals surface area contributed by atoms with E-state index in [9.17, 15) is 0 Å². The first kappa shape index (κ1) is 8.68. The van der Waals surface area contributed by atoms with E-state index >= 15 is 0 Å². The molecule has 0 fully saturated rings. The van der Waals surface area contributed by atoms with E-state index in [0.29, 0.717) is 5.82 Å². The van der Waals surface area contributed by atoms with Crippen molar-refractivity contribution in [2.24, 2.45) is 16.0 Å². The molecule has 0 radical (unpaired) electrons. The number of rotatable bonds is 3. The Morgan fingerprint density at radius 2 is 2.30 bits per heavy atom. The summed E-state index contributed by atoms with van der Waals surface area (Å²) in [6.07, 6.45) is 1.33. The Bertz CT molecular complexity index is 169. The van der Waals surface area contributed by atoms with Gasteiger partial charge in [0.15, 0.2) is 5.82 Å². The lowest BCUT2D eigenvalue weighted by molar-refractivity contribution is 0.919. The fourth-order valence-electron chi connectivity index (χ4n) is 0.306. The van der Waals surface area contributed by atoms with Crippen LogP contribution in [-0.4, -0.2) is 7.05 Å². The number of azo groups is 1. The van der Waals surface area contributed by atoms with Gasteiger partial charge in [-0.2, -0.15) is 5.11 Å². The summed E-state index contributed by atoms with van der Waals surface area (Å²) < 4.78 is 0. The van der Waals surface area contributed by atoms with Gasteiger partial charge in [0.25, 0.3) is 0 Å². The van der Waals surface area contributed by atoms with Crippen LogP contribution in [0.15, 0.2) is 34.5 Å². The van der Waals surface area contributed by atoms with Crippen molar-refractivity contribution in [3.05, 3.63) is 24.3 Å². The van der Waals surface area contributed by atoms with Crippen molar-refractivity contribution in [1.29, 1.82) is 0 Å². The second kappa shape index (κ2) is 4.55. The van der Waals surface area contributed by atoms with Crippen LogP contribution < -0.4 is 11.1 Å². The molecular formula is C6H12N4. The minimum Gasteiger partial charge on any atom is -0.389 e. The maximum Gasteiger partial charge on any atom is 0.164 e. The Labute approximate surface area is 60.5 Å². The highest BCUT2D eigenvalue weighted by Crippen LogP contribution is 1.94. The Kier molecular flexibility index (Phi) is 3.95. The molecule has 10 heavy (non-hydrogen) atoms. The summed E-state index contributed by atoms with van der Waals surface area (Å²) in [7, 11) is 1.77. The molecular weight excluding hydrogens is 128 g/mol. The van der Waals surface area contributed by atoms with Gasteiger partial charge in [-0.3, -0.25) is 0 Å². The zero-order chi connectivity index (χ0) is 7.98. The number of nitrogens with two attached hydrogens (primary N) is 1. The summed E-state index contributed by atoms with van der Waals surface area (Å²) in [6.45, 7) is 5.18. The van der Waals surface area contributed by atoms with Crippen molar-refractivity contribution in [2.45, 2.75) is 6.92 Å². The summed E-state index contributed by atoms with van der Waals surface area (Å²) in [4.78, 5) is 0. The molecule has 0 atom stereocenters. The van der Waals surface area contributed by atoms with Crippen molar-refractivity contribution < 1.29 is 0 Å². The molecule has 0 rings (SSSR count). The molecule has 0 aliphatic heterocycles. The van der Waals surface area contributed by atoms with Gasteiger partial charge in [0.2, 0.25) is 0 Å². The minimum absolute atomic E-state index is 0.377. The molecule has 0 aliphatic carbocycles. The quantitative estimate of drug-likeness (QED) is 0.573. The number of nitrogens with zero attached hydrogens (tertiary/aromatic N) is 2. The van der Waals surface area contributed by atoms with E-state index in [2.05, 4.69) is 22.1 Å². The van der Waals surface area contributed by atoms with E-state index in [0.717, 1.165) is 5.70 Å². The molecule has 0 heterocycles. The zero-order valence-corrected chi connectivity index (χ0v) is 6.26.